The van der Waals surface area contributed by atoms with Crippen LogP contribution in [0.3, 0.4) is 0 Å². The number of ether oxygens (including phenoxy) is 3. The molecule has 9 nitrogen and oxygen atoms in total. The molecular formula is C43H48N4O5. The predicted molar refractivity (Wildman–Crippen MR) is 209 cm³/mol. The van der Waals surface area contributed by atoms with Crippen LogP contribution < -0.4 is 4.74 Å². The van der Waals surface area contributed by atoms with Crippen molar-refractivity contribution < 1.29 is 23.8 Å². The highest BCUT2D eigenvalue weighted by Crippen LogP contribution is 2.44. The van der Waals surface area contributed by atoms with Crippen LogP contribution in [0.5, 0.6) is 5.75 Å². The van der Waals surface area contributed by atoms with Gasteiger partial charge in [0.2, 0.25) is 0 Å². The second kappa shape index (κ2) is 15.0. The molecule has 2 N–H and O–H groups in total. The number of benzene rings is 1. The van der Waals surface area contributed by atoms with Gasteiger partial charge in [-0.2, -0.15) is 0 Å². The lowest BCUT2D eigenvalue weighted by Gasteiger charge is -2.12. The van der Waals surface area contributed by atoms with Crippen molar-refractivity contribution in [2.75, 3.05) is 21.3 Å². The molecule has 3 aromatic heterocycles. The molecule has 4 aromatic rings. The third-order valence-electron chi connectivity index (χ3n) is 10.6. The molecular weight excluding hydrogens is 652 g/mol. The van der Waals surface area contributed by atoms with Crippen molar-refractivity contribution in [3.05, 3.63) is 87.5 Å². The Balaban J connectivity index is 1.80. The van der Waals surface area contributed by atoms with E-state index in [1.165, 1.54) is 25.4 Å². The Labute approximate surface area is 305 Å². The van der Waals surface area contributed by atoms with Crippen LogP contribution >= 0.6 is 0 Å². The van der Waals surface area contributed by atoms with Crippen LogP contribution in [0, 0.1) is 13.8 Å². The van der Waals surface area contributed by atoms with Gasteiger partial charge in [0.05, 0.1) is 44.1 Å². The van der Waals surface area contributed by atoms with Gasteiger partial charge in [-0.1, -0.05) is 26.0 Å². The van der Waals surface area contributed by atoms with Gasteiger partial charge in [0, 0.05) is 40.5 Å². The number of nitrogens with zero attached hydrogens (tertiary/aromatic N) is 2. The van der Waals surface area contributed by atoms with Gasteiger partial charge in [-0.15, -0.1) is 0 Å². The quantitative estimate of drug-likeness (QED) is 0.158. The summed E-state index contributed by atoms with van der Waals surface area (Å²) in [6.07, 6.45) is 3.08. The van der Waals surface area contributed by atoms with Crippen LogP contribution in [0.2, 0.25) is 0 Å². The average molecular weight is 701 g/mol. The summed E-state index contributed by atoms with van der Waals surface area (Å²) >= 11 is 0. The molecule has 52 heavy (non-hydrogen) atoms. The topological polar surface area (TPSA) is 119 Å². The summed E-state index contributed by atoms with van der Waals surface area (Å²) in [4.78, 5) is 42.9. The number of fused-ring (bicyclic) bond motifs is 8. The molecule has 0 amide bonds. The van der Waals surface area contributed by atoms with Gasteiger partial charge in [-0.25, -0.2) is 9.97 Å². The van der Waals surface area contributed by atoms with Gasteiger partial charge in [-0.3, -0.25) is 9.59 Å². The van der Waals surface area contributed by atoms with Crippen LogP contribution in [-0.2, 0) is 31.9 Å². The highest BCUT2D eigenvalue weighted by atomic mass is 16.5. The number of allylic oxidation sites excluding steroid dienone is 4. The molecule has 0 spiro atoms. The largest absolute Gasteiger partial charge is 0.497 e. The maximum atomic E-state index is 12.3. The molecule has 0 fully saturated rings. The molecule has 6 rings (SSSR count). The first-order valence-electron chi connectivity index (χ1n) is 18.0. The van der Waals surface area contributed by atoms with E-state index in [0.717, 1.165) is 108 Å². The lowest BCUT2D eigenvalue weighted by atomic mass is 9.92. The number of nitrogens with one attached hydrogen (secondary N) is 2. The Hall–Kier alpha value is -5.44. The molecule has 9 heteroatoms. The maximum absolute atomic E-state index is 12.3. The summed E-state index contributed by atoms with van der Waals surface area (Å²) in [5.74, 6) is 0.249. The van der Waals surface area contributed by atoms with Gasteiger partial charge in [0.1, 0.15) is 5.75 Å². The monoisotopic (exact) mass is 700 g/mol. The molecule has 5 heterocycles. The number of H-pyrrole nitrogens is 2. The van der Waals surface area contributed by atoms with Crippen molar-refractivity contribution in [3.63, 3.8) is 0 Å². The SMILES string of the molecule is CCC1=C(C)c2cc3[nH]c(cc4[nH]c(cc5nc(c(-c6ccc(OC)cc6)c1n2)C(CC)=C5C)c(C)c4CCC(=O)OC)c(CCC(=O)OC)c3C. The fourth-order valence-electron chi connectivity index (χ4n) is 7.52. The second-order valence-corrected chi connectivity index (χ2v) is 13.4. The van der Waals surface area contributed by atoms with Crippen molar-refractivity contribution in [1.29, 1.82) is 0 Å². The minimum atomic E-state index is -0.266. The van der Waals surface area contributed by atoms with Crippen molar-refractivity contribution in [2.24, 2.45) is 0 Å². The molecule has 2 aliphatic heterocycles. The number of aromatic amines is 2. The number of esters is 2. The summed E-state index contributed by atoms with van der Waals surface area (Å²) in [6.45, 7) is 12.8. The molecule has 0 saturated heterocycles. The van der Waals surface area contributed by atoms with E-state index in [9.17, 15) is 9.59 Å². The third-order valence-corrected chi connectivity index (χ3v) is 10.6. The van der Waals surface area contributed by atoms with Gasteiger partial charge < -0.3 is 24.2 Å². The van der Waals surface area contributed by atoms with E-state index >= 15 is 0 Å². The fraction of sp³-hybridized carbons (Fsp3) is 0.349. The number of methoxy groups -OCH3 is 3. The van der Waals surface area contributed by atoms with Crippen LogP contribution in [0.25, 0.3) is 55.5 Å². The van der Waals surface area contributed by atoms with Crippen LogP contribution in [-0.4, -0.2) is 53.2 Å². The van der Waals surface area contributed by atoms with Crippen molar-refractivity contribution >= 4 is 56.3 Å². The highest BCUT2D eigenvalue weighted by molar-refractivity contribution is 6.02. The normalized spacial score (nSPS) is 12.8. The van der Waals surface area contributed by atoms with E-state index in [2.05, 4.69) is 81.8 Å². The zero-order valence-corrected chi connectivity index (χ0v) is 31.7. The van der Waals surface area contributed by atoms with Crippen LogP contribution in [0.4, 0.5) is 0 Å². The molecule has 1 aromatic carbocycles. The van der Waals surface area contributed by atoms with E-state index in [0.29, 0.717) is 12.8 Å². The van der Waals surface area contributed by atoms with Crippen molar-refractivity contribution in [3.8, 4) is 16.9 Å². The molecule has 0 aliphatic carbocycles. The number of hydrogen-bond donors (Lipinski definition) is 2. The fourth-order valence-corrected chi connectivity index (χ4v) is 7.52. The zero-order chi connectivity index (χ0) is 37.3. The minimum Gasteiger partial charge on any atom is -0.497 e. The second-order valence-electron chi connectivity index (χ2n) is 13.4. The Morgan fingerprint density at radius 2 is 1.08 bits per heavy atom. The Morgan fingerprint density at radius 3 is 1.46 bits per heavy atom. The summed E-state index contributed by atoms with van der Waals surface area (Å²) < 4.78 is 15.6. The smallest absolute Gasteiger partial charge is 0.305 e. The summed E-state index contributed by atoms with van der Waals surface area (Å²) in [5.41, 5.74) is 17.9. The maximum Gasteiger partial charge on any atom is 0.305 e. The zero-order valence-electron chi connectivity index (χ0n) is 31.7. The van der Waals surface area contributed by atoms with E-state index in [1.807, 2.05) is 12.1 Å². The van der Waals surface area contributed by atoms with Gasteiger partial charge in [-0.05, 0) is 134 Å². The van der Waals surface area contributed by atoms with E-state index in [1.54, 1.807) is 7.11 Å². The van der Waals surface area contributed by atoms with Crippen molar-refractivity contribution in [1.82, 2.24) is 19.9 Å². The third kappa shape index (κ3) is 6.67. The molecule has 270 valence electrons. The van der Waals surface area contributed by atoms with E-state index < -0.39 is 0 Å². The van der Waals surface area contributed by atoms with E-state index in [-0.39, 0.29) is 24.8 Å². The van der Waals surface area contributed by atoms with Crippen molar-refractivity contribution in [2.45, 2.75) is 80.1 Å². The molecule has 0 saturated carbocycles. The van der Waals surface area contributed by atoms with Gasteiger partial charge in [0.25, 0.3) is 0 Å². The predicted octanol–water partition coefficient (Wildman–Crippen LogP) is 9.50. The molecule has 0 unspecified atom stereocenters. The first-order chi connectivity index (χ1) is 25.0. The molecule has 8 bridgehead atoms. The first kappa shape index (κ1) is 36.4. The molecule has 2 aliphatic rings. The lowest BCUT2D eigenvalue weighted by Crippen LogP contribution is -2.02. The average Bonchev–Trinajstić information content (AvgIpc) is 3.82. The molecule has 0 atom stereocenters. The number of aryl methyl sites for hydroxylation is 4. The highest BCUT2D eigenvalue weighted by Gasteiger charge is 2.27. The standard InChI is InChI=1S/C43H48N4O5/c1-10-29-23(3)35-20-33-25(5)31(16-18-39(48)51-8)37(44-33)22-38-32(17-19-40(49)52-9)26(6)34(45-38)21-36-24(4)30(11-2)43(47-36)41(42(29)46-35)27-12-14-28(50-7)15-13-27/h12-15,20-22,44-45H,10-11,16-19H2,1-9H3. The first-order valence-corrected chi connectivity index (χ1v) is 18.0. The Morgan fingerprint density at radius 1 is 0.635 bits per heavy atom. The Bertz CT molecular complexity index is 2170. The number of aromatic nitrogens is 4. The lowest BCUT2D eigenvalue weighted by molar-refractivity contribution is -0.141. The number of hydrogen-bond acceptors (Lipinski definition) is 7. The summed E-state index contributed by atoms with van der Waals surface area (Å²) in [6, 6.07) is 14.5. The van der Waals surface area contributed by atoms with Crippen LogP contribution in [0.15, 0.2) is 42.5 Å². The number of rotatable bonds is 10. The number of carbonyl (C=O) groups excluding carboxylic acids is 2. The Kier molecular flexibility index (Phi) is 10.5. The van der Waals surface area contributed by atoms with Gasteiger partial charge in [0.15, 0.2) is 0 Å². The van der Waals surface area contributed by atoms with Crippen LogP contribution in [0.1, 0.15) is 98.4 Å². The number of carbonyl (C=O) groups is 2. The summed E-state index contributed by atoms with van der Waals surface area (Å²) in [5, 5.41) is 0. The van der Waals surface area contributed by atoms with Gasteiger partial charge >= 0.3 is 11.9 Å². The molecule has 0 radical (unpaired) electrons. The summed E-state index contributed by atoms with van der Waals surface area (Å²) in [7, 11) is 4.50. The minimum absolute atomic E-state index is 0.245. The van der Waals surface area contributed by atoms with E-state index in [4.69, 9.17) is 24.2 Å².